The standard InChI is InChI=1S/C18H18FN5OS/c1-24(2)17-20-8-13(9-21-17)7-14-10-22-18(23-16(14)25)26-11-12-3-5-15(19)6-4-12/h3-6,8-10H,7,11H2,1-2H3,(H,22,23,25). The summed E-state index contributed by atoms with van der Waals surface area (Å²) in [5.41, 5.74) is 2.17. The zero-order valence-electron chi connectivity index (χ0n) is 14.4. The number of aromatic nitrogens is 4. The van der Waals surface area contributed by atoms with Gasteiger partial charge in [0.1, 0.15) is 5.82 Å². The molecule has 0 spiro atoms. The summed E-state index contributed by atoms with van der Waals surface area (Å²) in [6, 6.07) is 6.26. The van der Waals surface area contributed by atoms with Gasteiger partial charge in [-0.2, -0.15) is 0 Å². The molecule has 1 aromatic carbocycles. The second-order valence-electron chi connectivity index (χ2n) is 5.92. The maximum absolute atomic E-state index is 12.9. The lowest BCUT2D eigenvalue weighted by molar-refractivity contribution is 0.627. The monoisotopic (exact) mass is 371 g/mol. The van der Waals surface area contributed by atoms with E-state index < -0.39 is 0 Å². The van der Waals surface area contributed by atoms with Crippen LogP contribution in [0.1, 0.15) is 16.7 Å². The van der Waals surface area contributed by atoms with Crippen molar-refractivity contribution in [1.29, 1.82) is 0 Å². The summed E-state index contributed by atoms with van der Waals surface area (Å²) < 4.78 is 12.9. The smallest absolute Gasteiger partial charge is 0.255 e. The van der Waals surface area contributed by atoms with E-state index in [4.69, 9.17) is 0 Å². The fraction of sp³-hybridized carbons (Fsp3) is 0.222. The van der Waals surface area contributed by atoms with Crippen LogP contribution in [-0.2, 0) is 12.2 Å². The van der Waals surface area contributed by atoms with Crippen LogP contribution in [0.3, 0.4) is 0 Å². The molecule has 134 valence electrons. The van der Waals surface area contributed by atoms with E-state index in [2.05, 4.69) is 19.9 Å². The Morgan fingerprint density at radius 3 is 2.35 bits per heavy atom. The number of aromatic amines is 1. The summed E-state index contributed by atoms with van der Waals surface area (Å²) in [4.78, 5) is 29.6. The number of H-pyrrole nitrogens is 1. The Labute approximate surface area is 154 Å². The molecule has 0 bridgehead atoms. The number of halogens is 1. The van der Waals surface area contributed by atoms with Gasteiger partial charge in [0.2, 0.25) is 5.95 Å². The number of hydrogen-bond acceptors (Lipinski definition) is 6. The van der Waals surface area contributed by atoms with Gasteiger partial charge in [0.25, 0.3) is 5.56 Å². The summed E-state index contributed by atoms with van der Waals surface area (Å²) in [6.07, 6.45) is 5.41. The van der Waals surface area contributed by atoms with Crippen LogP contribution >= 0.6 is 11.8 Å². The number of hydrogen-bond donors (Lipinski definition) is 1. The van der Waals surface area contributed by atoms with Gasteiger partial charge in [-0.05, 0) is 23.3 Å². The molecule has 0 aliphatic heterocycles. The van der Waals surface area contributed by atoms with Gasteiger partial charge >= 0.3 is 0 Å². The molecule has 8 heteroatoms. The van der Waals surface area contributed by atoms with E-state index >= 15 is 0 Å². The molecule has 3 aromatic rings. The molecule has 6 nitrogen and oxygen atoms in total. The van der Waals surface area contributed by atoms with E-state index in [9.17, 15) is 9.18 Å². The van der Waals surface area contributed by atoms with Crippen molar-refractivity contribution in [2.45, 2.75) is 17.3 Å². The largest absolute Gasteiger partial charge is 0.347 e. The van der Waals surface area contributed by atoms with E-state index in [1.165, 1.54) is 23.9 Å². The van der Waals surface area contributed by atoms with Gasteiger partial charge in [-0.25, -0.2) is 19.3 Å². The van der Waals surface area contributed by atoms with Crippen LogP contribution in [0.25, 0.3) is 0 Å². The Balaban J connectivity index is 1.65. The van der Waals surface area contributed by atoms with Crippen LogP contribution in [0.2, 0.25) is 0 Å². The highest BCUT2D eigenvalue weighted by Crippen LogP contribution is 2.18. The molecule has 0 atom stereocenters. The van der Waals surface area contributed by atoms with Crippen molar-refractivity contribution in [3.05, 3.63) is 75.7 Å². The molecule has 2 heterocycles. The first kappa shape index (κ1) is 18.1. The van der Waals surface area contributed by atoms with Crippen molar-refractivity contribution in [3.8, 4) is 0 Å². The lowest BCUT2D eigenvalue weighted by Gasteiger charge is -2.09. The Bertz CT molecular complexity index is 926. The summed E-state index contributed by atoms with van der Waals surface area (Å²) in [5, 5.41) is 0.530. The third-order valence-corrected chi connectivity index (χ3v) is 4.58. The second kappa shape index (κ2) is 8.09. The third kappa shape index (κ3) is 4.66. The molecule has 0 aliphatic carbocycles. The number of anilines is 1. The number of nitrogens with one attached hydrogen (secondary N) is 1. The minimum atomic E-state index is -0.266. The molecule has 0 fully saturated rings. The molecule has 2 aromatic heterocycles. The third-order valence-electron chi connectivity index (χ3n) is 3.62. The first-order chi connectivity index (χ1) is 12.5. The summed E-state index contributed by atoms with van der Waals surface area (Å²) in [5.74, 6) is 0.952. The summed E-state index contributed by atoms with van der Waals surface area (Å²) in [7, 11) is 3.73. The van der Waals surface area contributed by atoms with Crippen LogP contribution in [0.4, 0.5) is 10.3 Å². The van der Waals surface area contributed by atoms with Crippen molar-refractivity contribution < 1.29 is 4.39 Å². The fourth-order valence-corrected chi connectivity index (χ4v) is 3.01. The van der Waals surface area contributed by atoms with Gasteiger partial charge in [-0.15, -0.1) is 0 Å². The lowest BCUT2D eigenvalue weighted by atomic mass is 10.1. The highest BCUT2D eigenvalue weighted by atomic mass is 32.2. The molecule has 0 unspecified atom stereocenters. The molecular weight excluding hydrogens is 353 g/mol. The van der Waals surface area contributed by atoms with Gasteiger partial charge in [0.05, 0.1) is 0 Å². The molecule has 0 saturated carbocycles. The van der Waals surface area contributed by atoms with Crippen LogP contribution < -0.4 is 10.5 Å². The summed E-state index contributed by atoms with van der Waals surface area (Å²) >= 11 is 1.39. The Kier molecular flexibility index (Phi) is 5.62. The van der Waals surface area contributed by atoms with Crippen molar-refractivity contribution >= 4 is 17.7 Å². The van der Waals surface area contributed by atoms with Gasteiger partial charge in [0, 0.05) is 50.4 Å². The minimum absolute atomic E-state index is 0.182. The number of benzene rings is 1. The SMILES string of the molecule is CN(C)c1ncc(Cc2cnc(SCc3ccc(F)cc3)[nH]c2=O)cn1. The lowest BCUT2D eigenvalue weighted by Crippen LogP contribution is -2.16. The minimum Gasteiger partial charge on any atom is -0.347 e. The summed E-state index contributed by atoms with van der Waals surface area (Å²) in [6.45, 7) is 0. The number of thioether (sulfide) groups is 1. The van der Waals surface area contributed by atoms with Crippen LogP contribution in [-0.4, -0.2) is 34.0 Å². The zero-order valence-corrected chi connectivity index (χ0v) is 15.3. The van der Waals surface area contributed by atoms with Crippen molar-refractivity contribution in [2.24, 2.45) is 0 Å². The first-order valence-electron chi connectivity index (χ1n) is 7.95. The highest BCUT2D eigenvalue weighted by Gasteiger charge is 2.07. The van der Waals surface area contributed by atoms with Crippen LogP contribution in [0.15, 0.2) is 52.8 Å². The van der Waals surface area contributed by atoms with E-state index in [-0.39, 0.29) is 11.4 Å². The van der Waals surface area contributed by atoms with Crippen molar-refractivity contribution in [1.82, 2.24) is 19.9 Å². The zero-order chi connectivity index (χ0) is 18.5. The average molecular weight is 371 g/mol. The van der Waals surface area contributed by atoms with E-state index in [1.54, 1.807) is 30.7 Å². The van der Waals surface area contributed by atoms with E-state index in [0.29, 0.717) is 28.8 Å². The van der Waals surface area contributed by atoms with Gasteiger partial charge < -0.3 is 9.88 Å². The van der Waals surface area contributed by atoms with Crippen LogP contribution in [0.5, 0.6) is 0 Å². The maximum Gasteiger partial charge on any atom is 0.255 e. The molecule has 0 aliphatic rings. The molecular formula is C18H18FN5OS. The molecule has 0 radical (unpaired) electrons. The fourth-order valence-electron chi connectivity index (χ4n) is 2.23. The quantitative estimate of drug-likeness (QED) is 0.530. The Morgan fingerprint density at radius 1 is 1.04 bits per heavy atom. The predicted octanol–water partition coefficient (Wildman–Crippen LogP) is 2.65. The molecule has 0 amide bonds. The predicted molar refractivity (Wildman–Crippen MR) is 100.0 cm³/mol. The van der Waals surface area contributed by atoms with E-state index in [0.717, 1.165) is 11.1 Å². The molecule has 0 saturated heterocycles. The first-order valence-corrected chi connectivity index (χ1v) is 8.93. The topological polar surface area (TPSA) is 74.8 Å². The molecule has 1 N–H and O–H groups in total. The number of rotatable bonds is 6. The average Bonchev–Trinajstić information content (AvgIpc) is 2.64. The van der Waals surface area contributed by atoms with Crippen molar-refractivity contribution in [2.75, 3.05) is 19.0 Å². The Morgan fingerprint density at radius 2 is 1.73 bits per heavy atom. The molecule has 3 rings (SSSR count). The van der Waals surface area contributed by atoms with Gasteiger partial charge in [-0.3, -0.25) is 4.79 Å². The molecule has 26 heavy (non-hydrogen) atoms. The van der Waals surface area contributed by atoms with Crippen LogP contribution in [0, 0.1) is 5.82 Å². The van der Waals surface area contributed by atoms with Gasteiger partial charge in [-0.1, -0.05) is 23.9 Å². The van der Waals surface area contributed by atoms with Crippen molar-refractivity contribution in [3.63, 3.8) is 0 Å². The normalized spacial score (nSPS) is 10.7. The second-order valence-corrected chi connectivity index (χ2v) is 6.88. The highest BCUT2D eigenvalue weighted by molar-refractivity contribution is 7.98. The Hall–Kier alpha value is -2.74. The maximum atomic E-state index is 12.9. The van der Waals surface area contributed by atoms with E-state index in [1.807, 2.05) is 19.0 Å². The number of nitrogens with zero attached hydrogens (tertiary/aromatic N) is 4. The van der Waals surface area contributed by atoms with Gasteiger partial charge in [0.15, 0.2) is 5.16 Å².